The number of fused-ring (bicyclic) bond motifs is 2. The van der Waals surface area contributed by atoms with Crippen molar-refractivity contribution in [1.29, 1.82) is 0 Å². The maximum atomic E-state index is 12.1. The number of hydrogen-bond acceptors (Lipinski definition) is 5. The molecule has 2 fully saturated rings. The van der Waals surface area contributed by atoms with E-state index in [1.54, 1.807) is 35.3 Å². The van der Waals surface area contributed by atoms with E-state index in [9.17, 15) is 9.59 Å². The summed E-state index contributed by atoms with van der Waals surface area (Å²) in [5, 5.41) is 7.08. The van der Waals surface area contributed by atoms with Crippen molar-refractivity contribution < 1.29 is 14.3 Å². The lowest BCUT2D eigenvalue weighted by Crippen LogP contribution is -2.42. The Morgan fingerprint density at radius 1 is 1.33 bits per heavy atom. The van der Waals surface area contributed by atoms with Crippen molar-refractivity contribution in [3.8, 4) is 5.82 Å². The van der Waals surface area contributed by atoms with E-state index in [0.717, 1.165) is 11.8 Å². The molecule has 2 aromatic rings. The van der Waals surface area contributed by atoms with Crippen LogP contribution < -0.4 is 5.32 Å². The van der Waals surface area contributed by atoms with Crippen LogP contribution in [0.5, 0.6) is 0 Å². The Labute approximate surface area is 158 Å². The normalized spacial score (nSPS) is 24.6. The van der Waals surface area contributed by atoms with E-state index in [1.807, 2.05) is 0 Å². The average molecular weight is 368 g/mol. The predicted octanol–water partition coefficient (Wildman–Crippen LogP) is 2.37. The largest absolute Gasteiger partial charge is 0.452 e. The Balaban J connectivity index is 1.25. The molecule has 1 amide bonds. The molecule has 0 aliphatic heterocycles. The molecule has 7 heteroatoms. The van der Waals surface area contributed by atoms with Gasteiger partial charge < -0.3 is 10.1 Å². The minimum Gasteiger partial charge on any atom is -0.452 e. The molecular weight excluding hydrogens is 344 g/mol. The highest BCUT2D eigenvalue weighted by Gasteiger charge is 2.42. The summed E-state index contributed by atoms with van der Waals surface area (Å²) in [4.78, 5) is 28.5. The van der Waals surface area contributed by atoms with Crippen molar-refractivity contribution in [3.05, 3.63) is 42.4 Å². The molecule has 2 saturated carbocycles. The number of rotatable bonds is 6. The summed E-state index contributed by atoms with van der Waals surface area (Å²) in [6.45, 7) is 1.79. The van der Waals surface area contributed by atoms with E-state index in [0.29, 0.717) is 17.3 Å². The van der Waals surface area contributed by atoms with Crippen molar-refractivity contribution in [3.63, 3.8) is 0 Å². The van der Waals surface area contributed by atoms with Gasteiger partial charge in [-0.1, -0.05) is 6.42 Å². The Kier molecular flexibility index (Phi) is 4.92. The van der Waals surface area contributed by atoms with Crippen LogP contribution in [0.1, 0.15) is 43.0 Å². The van der Waals surface area contributed by atoms with Crippen molar-refractivity contribution >= 4 is 11.9 Å². The highest BCUT2D eigenvalue weighted by Crippen LogP contribution is 2.49. The zero-order chi connectivity index (χ0) is 18.8. The second-order valence-electron chi connectivity index (χ2n) is 7.63. The van der Waals surface area contributed by atoms with Gasteiger partial charge in [0.05, 0.1) is 5.56 Å². The first-order chi connectivity index (χ1) is 13.1. The molecule has 2 aliphatic rings. The molecule has 0 spiro atoms. The average Bonchev–Trinajstić information content (AvgIpc) is 3.44. The lowest BCUT2D eigenvalue weighted by molar-refractivity contribution is -0.125. The topological polar surface area (TPSA) is 86.1 Å². The van der Waals surface area contributed by atoms with Crippen molar-refractivity contribution in [1.82, 2.24) is 20.1 Å². The van der Waals surface area contributed by atoms with Crippen molar-refractivity contribution in [2.24, 2.45) is 17.8 Å². The Morgan fingerprint density at radius 2 is 2.22 bits per heavy atom. The molecule has 0 radical (unpaired) electrons. The fraction of sp³-hybridized carbons (Fsp3) is 0.500. The van der Waals surface area contributed by atoms with Gasteiger partial charge in [0.15, 0.2) is 12.4 Å². The lowest BCUT2D eigenvalue weighted by atomic mass is 9.84. The van der Waals surface area contributed by atoms with Crippen LogP contribution in [0.4, 0.5) is 0 Å². The summed E-state index contributed by atoms with van der Waals surface area (Å²) < 4.78 is 6.73. The molecule has 4 atom stereocenters. The maximum Gasteiger partial charge on any atom is 0.340 e. The van der Waals surface area contributed by atoms with E-state index in [4.69, 9.17) is 4.74 Å². The van der Waals surface area contributed by atoms with Crippen LogP contribution in [0, 0.1) is 17.8 Å². The number of ether oxygens (including phenoxy) is 1. The molecule has 2 bridgehead atoms. The SMILES string of the molecule is CC(NC(=O)COC(=O)c1ccc(-n2cccn2)nc1)C1CC2CCC1C2. The summed E-state index contributed by atoms with van der Waals surface area (Å²) in [6.07, 6.45) is 9.98. The van der Waals surface area contributed by atoms with Crippen LogP contribution in [-0.4, -0.2) is 39.3 Å². The molecule has 4 unspecified atom stereocenters. The second kappa shape index (κ2) is 7.50. The van der Waals surface area contributed by atoms with Crippen LogP contribution in [0.3, 0.4) is 0 Å². The molecule has 2 aromatic heterocycles. The van der Waals surface area contributed by atoms with E-state index < -0.39 is 5.97 Å². The quantitative estimate of drug-likeness (QED) is 0.791. The van der Waals surface area contributed by atoms with Gasteiger partial charge in [-0.05, 0) is 62.1 Å². The third-order valence-corrected chi connectivity index (χ3v) is 5.88. The number of carbonyl (C=O) groups is 2. The zero-order valence-corrected chi connectivity index (χ0v) is 15.4. The highest BCUT2D eigenvalue weighted by molar-refractivity contribution is 5.91. The van der Waals surface area contributed by atoms with Gasteiger partial charge in [-0.25, -0.2) is 14.5 Å². The standard InChI is InChI=1S/C20H24N4O3/c1-13(17-10-14-3-4-15(17)9-14)23-19(25)12-27-20(26)16-5-6-18(21-11-16)24-8-2-7-22-24/h2,5-8,11,13-15,17H,3-4,9-10,12H2,1H3,(H,23,25). The first-order valence-electron chi connectivity index (χ1n) is 9.52. The molecule has 2 heterocycles. The summed E-state index contributed by atoms with van der Waals surface area (Å²) >= 11 is 0. The van der Waals surface area contributed by atoms with Gasteiger partial charge in [0.2, 0.25) is 0 Å². The molecular formula is C20H24N4O3. The zero-order valence-electron chi connectivity index (χ0n) is 15.4. The molecule has 2 aliphatic carbocycles. The number of amides is 1. The third-order valence-electron chi connectivity index (χ3n) is 5.88. The number of pyridine rings is 1. The van der Waals surface area contributed by atoms with Gasteiger partial charge in [0.1, 0.15) is 0 Å². The predicted molar refractivity (Wildman–Crippen MR) is 98.2 cm³/mol. The Morgan fingerprint density at radius 3 is 2.85 bits per heavy atom. The van der Waals surface area contributed by atoms with Gasteiger partial charge >= 0.3 is 5.97 Å². The summed E-state index contributed by atoms with van der Waals surface area (Å²) in [5.74, 6) is 1.94. The first kappa shape index (κ1) is 17.7. The Hall–Kier alpha value is -2.70. The van der Waals surface area contributed by atoms with Gasteiger partial charge in [-0.3, -0.25) is 4.79 Å². The lowest BCUT2D eigenvalue weighted by Gasteiger charge is -2.28. The van der Waals surface area contributed by atoms with Crippen LogP contribution in [0.25, 0.3) is 5.82 Å². The number of nitrogens with zero attached hydrogens (tertiary/aromatic N) is 3. The Bertz CT molecular complexity index is 803. The fourth-order valence-electron chi connectivity index (χ4n) is 4.57. The van der Waals surface area contributed by atoms with E-state index >= 15 is 0 Å². The van der Waals surface area contributed by atoms with Crippen molar-refractivity contribution in [2.75, 3.05) is 6.61 Å². The second-order valence-corrected chi connectivity index (χ2v) is 7.63. The molecule has 1 N–H and O–H groups in total. The van der Waals surface area contributed by atoms with Gasteiger partial charge in [0.25, 0.3) is 5.91 Å². The highest BCUT2D eigenvalue weighted by atomic mass is 16.5. The van der Waals surface area contributed by atoms with Crippen molar-refractivity contribution in [2.45, 2.75) is 38.6 Å². The van der Waals surface area contributed by atoms with Crippen LogP contribution >= 0.6 is 0 Å². The van der Waals surface area contributed by atoms with E-state index in [2.05, 4.69) is 22.3 Å². The summed E-state index contributed by atoms with van der Waals surface area (Å²) in [6, 6.07) is 5.21. The molecule has 27 heavy (non-hydrogen) atoms. The molecule has 4 rings (SSSR count). The van der Waals surface area contributed by atoms with Gasteiger partial charge in [-0.15, -0.1) is 0 Å². The fourth-order valence-corrected chi connectivity index (χ4v) is 4.57. The number of carbonyl (C=O) groups excluding carboxylic acids is 2. The summed E-state index contributed by atoms with van der Waals surface area (Å²) in [7, 11) is 0. The molecule has 7 nitrogen and oxygen atoms in total. The smallest absolute Gasteiger partial charge is 0.340 e. The van der Waals surface area contributed by atoms with Gasteiger partial charge in [0, 0.05) is 24.6 Å². The number of aromatic nitrogens is 3. The minimum atomic E-state index is -0.558. The van der Waals surface area contributed by atoms with Gasteiger partial charge in [-0.2, -0.15) is 5.10 Å². The molecule has 0 aromatic carbocycles. The first-order valence-corrected chi connectivity index (χ1v) is 9.52. The number of esters is 1. The minimum absolute atomic E-state index is 0.126. The molecule has 0 saturated heterocycles. The van der Waals surface area contributed by atoms with E-state index in [1.165, 1.54) is 31.9 Å². The monoisotopic (exact) mass is 368 g/mol. The van der Waals surface area contributed by atoms with Crippen LogP contribution in [0.2, 0.25) is 0 Å². The van der Waals surface area contributed by atoms with E-state index in [-0.39, 0.29) is 18.6 Å². The summed E-state index contributed by atoms with van der Waals surface area (Å²) in [5.41, 5.74) is 0.305. The molecule has 142 valence electrons. The maximum absolute atomic E-state index is 12.1. The number of hydrogen-bond donors (Lipinski definition) is 1. The van der Waals surface area contributed by atoms with Crippen LogP contribution in [0.15, 0.2) is 36.8 Å². The number of nitrogens with one attached hydrogen (secondary N) is 1. The van der Waals surface area contributed by atoms with Crippen LogP contribution in [-0.2, 0) is 9.53 Å². The third kappa shape index (κ3) is 3.86.